The molecule has 1 aliphatic carbocycles. The first-order chi connectivity index (χ1) is 5.82. The Labute approximate surface area is 79.7 Å². The Morgan fingerprint density at radius 1 is 1.38 bits per heavy atom. The summed E-state index contributed by atoms with van der Waals surface area (Å²) in [5, 5.41) is 8.72. The van der Waals surface area contributed by atoms with E-state index in [1.165, 1.54) is 0 Å². The van der Waals surface area contributed by atoms with Crippen molar-refractivity contribution in [3.63, 3.8) is 0 Å². The molecule has 0 atom stereocenters. The van der Waals surface area contributed by atoms with Gasteiger partial charge < -0.3 is 5.11 Å². The fraction of sp³-hybridized carbons (Fsp3) is 0.900. The van der Waals surface area contributed by atoms with Crippen LogP contribution in [0, 0.1) is 5.92 Å². The van der Waals surface area contributed by atoms with E-state index >= 15 is 0 Å². The molecule has 0 amide bonds. The number of carboxylic acid groups (broad SMARTS) is 1. The summed E-state index contributed by atoms with van der Waals surface area (Å²) in [6.07, 6.45) is 1.62. The number of rotatable bonds is 2. The van der Waals surface area contributed by atoms with E-state index in [9.17, 15) is 4.79 Å². The van der Waals surface area contributed by atoms with E-state index in [0.717, 1.165) is 12.8 Å². The van der Waals surface area contributed by atoms with Crippen molar-refractivity contribution in [2.45, 2.75) is 45.2 Å². The fourth-order valence-corrected chi connectivity index (χ4v) is 1.65. The summed E-state index contributed by atoms with van der Waals surface area (Å²) < 4.78 is 0. The molecule has 0 saturated heterocycles. The summed E-state index contributed by atoms with van der Waals surface area (Å²) >= 11 is 0. The minimum Gasteiger partial charge on any atom is -0.481 e. The molecule has 1 fully saturated rings. The highest BCUT2D eigenvalue weighted by Gasteiger charge is 2.39. The lowest BCUT2D eigenvalue weighted by atomic mass is 9.78. The van der Waals surface area contributed by atoms with Crippen LogP contribution in [0.4, 0.5) is 0 Å². The Morgan fingerprint density at radius 3 is 2.15 bits per heavy atom. The lowest BCUT2D eigenvalue weighted by Gasteiger charge is -2.45. The first kappa shape index (κ1) is 10.5. The first-order valence-electron chi connectivity index (χ1n) is 4.78. The molecule has 0 heterocycles. The van der Waals surface area contributed by atoms with Crippen LogP contribution in [0.2, 0.25) is 0 Å². The van der Waals surface area contributed by atoms with Crippen molar-refractivity contribution in [1.29, 1.82) is 0 Å². The molecule has 0 aromatic carbocycles. The molecule has 76 valence electrons. The van der Waals surface area contributed by atoms with Crippen molar-refractivity contribution in [3.8, 4) is 0 Å². The highest BCUT2D eigenvalue weighted by Crippen LogP contribution is 2.34. The third-order valence-corrected chi connectivity index (χ3v) is 3.07. The van der Waals surface area contributed by atoms with Crippen molar-refractivity contribution in [2.75, 3.05) is 7.05 Å². The molecular formula is C10H19NO2. The molecule has 0 unspecified atom stereocenters. The van der Waals surface area contributed by atoms with Gasteiger partial charge in [0.15, 0.2) is 0 Å². The average molecular weight is 185 g/mol. The summed E-state index contributed by atoms with van der Waals surface area (Å²) in [4.78, 5) is 12.9. The Kier molecular flexibility index (Phi) is 2.66. The van der Waals surface area contributed by atoms with Crippen LogP contribution >= 0.6 is 0 Å². The van der Waals surface area contributed by atoms with Crippen LogP contribution in [0.25, 0.3) is 0 Å². The second kappa shape index (κ2) is 3.29. The van der Waals surface area contributed by atoms with Gasteiger partial charge in [0.25, 0.3) is 0 Å². The van der Waals surface area contributed by atoms with E-state index in [0.29, 0.717) is 6.04 Å². The first-order valence-corrected chi connectivity index (χ1v) is 4.78. The van der Waals surface area contributed by atoms with Gasteiger partial charge in [-0.25, -0.2) is 0 Å². The van der Waals surface area contributed by atoms with E-state index in [2.05, 4.69) is 32.7 Å². The monoisotopic (exact) mass is 185 g/mol. The molecule has 13 heavy (non-hydrogen) atoms. The number of aliphatic carboxylic acids is 1. The van der Waals surface area contributed by atoms with Crippen LogP contribution in [0.15, 0.2) is 0 Å². The van der Waals surface area contributed by atoms with E-state index in [1.807, 2.05) is 0 Å². The molecule has 0 aliphatic heterocycles. The lowest BCUT2D eigenvalue weighted by Crippen LogP contribution is -2.52. The Morgan fingerprint density at radius 2 is 1.85 bits per heavy atom. The molecule has 3 heteroatoms. The second-order valence-electron chi connectivity index (χ2n) is 4.94. The molecule has 1 aliphatic rings. The van der Waals surface area contributed by atoms with Gasteiger partial charge in [0.05, 0.1) is 5.92 Å². The zero-order chi connectivity index (χ0) is 10.2. The summed E-state index contributed by atoms with van der Waals surface area (Å²) in [5.74, 6) is -0.742. The third kappa shape index (κ3) is 2.21. The summed E-state index contributed by atoms with van der Waals surface area (Å²) in [5.41, 5.74) is 0.147. The molecule has 0 aromatic heterocycles. The van der Waals surface area contributed by atoms with E-state index in [1.54, 1.807) is 0 Å². The largest absolute Gasteiger partial charge is 0.481 e. The van der Waals surface area contributed by atoms with Crippen LogP contribution in [-0.2, 0) is 4.79 Å². The Balaban J connectivity index is 2.39. The van der Waals surface area contributed by atoms with Gasteiger partial charge in [-0.05, 0) is 40.7 Å². The number of carboxylic acids is 1. The van der Waals surface area contributed by atoms with Gasteiger partial charge in [-0.2, -0.15) is 0 Å². The number of carbonyl (C=O) groups is 1. The molecular weight excluding hydrogens is 166 g/mol. The van der Waals surface area contributed by atoms with Gasteiger partial charge >= 0.3 is 5.97 Å². The van der Waals surface area contributed by atoms with E-state index in [4.69, 9.17) is 5.11 Å². The molecule has 1 saturated carbocycles. The van der Waals surface area contributed by atoms with Crippen molar-refractivity contribution < 1.29 is 9.90 Å². The molecule has 0 spiro atoms. The van der Waals surface area contributed by atoms with Crippen LogP contribution < -0.4 is 0 Å². The minimum atomic E-state index is -0.640. The molecule has 0 aromatic rings. The van der Waals surface area contributed by atoms with Crippen LogP contribution in [0.5, 0.6) is 0 Å². The Bertz CT molecular complexity index is 201. The number of hydrogen-bond acceptors (Lipinski definition) is 2. The maximum absolute atomic E-state index is 10.6. The van der Waals surface area contributed by atoms with Gasteiger partial charge in [0, 0.05) is 11.6 Å². The Hall–Kier alpha value is -0.570. The van der Waals surface area contributed by atoms with Crippen LogP contribution in [0.3, 0.4) is 0 Å². The van der Waals surface area contributed by atoms with E-state index in [-0.39, 0.29) is 11.5 Å². The molecule has 3 nitrogen and oxygen atoms in total. The fourth-order valence-electron chi connectivity index (χ4n) is 1.65. The van der Waals surface area contributed by atoms with Crippen molar-refractivity contribution >= 4 is 5.97 Å². The lowest BCUT2D eigenvalue weighted by molar-refractivity contribution is -0.147. The summed E-state index contributed by atoms with van der Waals surface area (Å²) in [6.45, 7) is 6.46. The van der Waals surface area contributed by atoms with Gasteiger partial charge in [-0.3, -0.25) is 9.69 Å². The topological polar surface area (TPSA) is 40.5 Å². The highest BCUT2D eigenvalue weighted by atomic mass is 16.4. The van der Waals surface area contributed by atoms with Crippen LogP contribution in [0.1, 0.15) is 33.6 Å². The predicted molar refractivity (Wildman–Crippen MR) is 51.7 cm³/mol. The summed E-state index contributed by atoms with van der Waals surface area (Å²) in [6, 6.07) is 0.459. The molecule has 1 rings (SSSR count). The standard InChI is InChI=1S/C10H19NO2/c1-10(2,3)11(4)8-5-7(6-8)9(12)13/h7-8H,5-6H2,1-4H3,(H,12,13). The van der Waals surface area contributed by atoms with Crippen LogP contribution in [-0.4, -0.2) is 34.6 Å². The van der Waals surface area contributed by atoms with E-state index < -0.39 is 5.97 Å². The maximum Gasteiger partial charge on any atom is 0.306 e. The molecule has 0 bridgehead atoms. The predicted octanol–water partition coefficient (Wildman–Crippen LogP) is 1.58. The zero-order valence-corrected chi connectivity index (χ0v) is 8.87. The van der Waals surface area contributed by atoms with Gasteiger partial charge in [0.2, 0.25) is 0 Å². The highest BCUT2D eigenvalue weighted by molar-refractivity contribution is 5.71. The normalized spacial score (nSPS) is 28.7. The zero-order valence-electron chi connectivity index (χ0n) is 8.87. The average Bonchev–Trinajstić information content (AvgIpc) is 1.80. The quantitative estimate of drug-likeness (QED) is 0.710. The van der Waals surface area contributed by atoms with Gasteiger partial charge in [0.1, 0.15) is 0 Å². The van der Waals surface area contributed by atoms with Crippen molar-refractivity contribution in [3.05, 3.63) is 0 Å². The second-order valence-corrected chi connectivity index (χ2v) is 4.94. The number of hydrogen-bond donors (Lipinski definition) is 1. The molecule has 1 N–H and O–H groups in total. The molecule has 0 radical (unpaired) electrons. The smallest absolute Gasteiger partial charge is 0.306 e. The summed E-state index contributed by atoms with van der Waals surface area (Å²) in [7, 11) is 2.07. The van der Waals surface area contributed by atoms with Gasteiger partial charge in [-0.1, -0.05) is 0 Å². The maximum atomic E-state index is 10.6. The van der Waals surface area contributed by atoms with Crippen molar-refractivity contribution in [1.82, 2.24) is 4.90 Å². The number of nitrogens with zero attached hydrogens (tertiary/aromatic N) is 1. The van der Waals surface area contributed by atoms with Crippen molar-refractivity contribution in [2.24, 2.45) is 5.92 Å². The van der Waals surface area contributed by atoms with Gasteiger partial charge in [-0.15, -0.1) is 0 Å². The SMILES string of the molecule is CN(C1CC(C(=O)O)C1)C(C)(C)C. The minimum absolute atomic E-state index is 0.102. The third-order valence-electron chi connectivity index (χ3n) is 3.07.